The van der Waals surface area contributed by atoms with Gasteiger partial charge < -0.3 is 11.1 Å². The zero-order valence-corrected chi connectivity index (χ0v) is 21.6. The van der Waals surface area contributed by atoms with Crippen LogP contribution >= 0.6 is 15.9 Å². The molecule has 0 aliphatic heterocycles. The van der Waals surface area contributed by atoms with Crippen molar-refractivity contribution in [2.45, 2.75) is 50.1 Å². The van der Waals surface area contributed by atoms with Crippen molar-refractivity contribution < 1.29 is 44.7 Å². The maximum atomic E-state index is 14.7. The van der Waals surface area contributed by atoms with E-state index in [1.807, 2.05) is 0 Å². The van der Waals surface area contributed by atoms with Gasteiger partial charge in [0.05, 0.1) is 17.3 Å². The number of carbonyl (C=O) groups is 2. The van der Waals surface area contributed by atoms with E-state index in [1.54, 1.807) is 0 Å². The highest BCUT2D eigenvalue weighted by atomic mass is 79.9. The van der Waals surface area contributed by atoms with Crippen LogP contribution in [0.3, 0.4) is 0 Å². The highest BCUT2D eigenvalue weighted by Crippen LogP contribution is 2.52. The molecule has 0 radical (unpaired) electrons. The molecule has 214 valence electrons. The molecule has 0 saturated carbocycles. The predicted octanol–water partition coefficient (Wildman–Crippen LogP) is 5.43. The summed E-state index contributed by atoms with van der Waals surface area (Å²) in [6.07, 6.45) is -6.76. The third-order valence-corrected chi connectivity index (χ3v) is 6.77. The number of nitrogens with two attached hydrogens (primary N) is 1. The van der Waals surface area contributed by atoms with Crippen molar-refractivity contribution in [3.05, 3.63) is 80.3 Å². The van der Waals surface area contributed by atoms with Gasteiger partial charge in [-0.15, -0.1) is 0 Å². The third kappa shape index (κ3) is 5.95. The molecule has 0 bridgehead atoms. The lowest BCUT2D eigenvalue weighted by molar-refractivity contribution is -0.123. The number of aromatic nitrogens is 3. The highest BCUT2D eigenvalue weighted by molar-refractivity contribution is 9.10. The molecular weight excluding hydrogens is 622 g/mol. The lowest BCUT2D eigenvalue weighted by Gasteiger charge is -2.29. The quantitative estimate of drug-likeness (QED) is 0.321. The summed E-state index contributed by atoms with van der Waals surface area (Å²) in [5.41, 5.74) is 0.232. The molecule has 4 rings (SSSR count). The van der Waals surface area contributed by atoms with E-state index in [4.69, 9.17) is 5.73 Å². The van der Waals surface area contributed by atoms with E-state index < -0.39 is 84.1 Å². The second kappa shape index (κ2) is 10.8. The number of halogens is 9. The standard InChI is InChI=1S/C24H18BrF8N5O2/c25-13-1-2-14(22(34)40)36-18(13)15(7-10-5-11(26)8-12(27)6-10)35-16(39)9-38-20-17(19(37-38)21(28)29)23(30,31)3-4-24(20,32)33/h1-2,5-6,8,15,21H,3-4,7,9H2,(H2,34,40)(H,35,39). The van der Waals surface area contributed by atoms with Gasteiger partial charge in [0.25, 0.3) is 24.2 Å². The van der Waals surface area contributed by atoms with Crippen molar-refractivity contribution in [2.75, 3.05) is 0 Å². The van der Waals surface area contributed by atoms with Crippen LogP contribution in [-0.2, 0) is 29.6 Å². The molecule has 1 aromatic carbocycles. The summed E-state index contributed by atoms with van der Waals surface area (Å²) in [4.78, 5) is 28.7. The number of carbonyl (C=O) groups excluding carboxylic acids is 2. The Morgan fingerprint density at radius 3 is 2.25 bits per heavy atom. The summed E-state index contributed by atoms with van der Waals surface area (Å²) in [5, 5.41) is 5.59. The Morgan fingerprint density at radius 1 is 1.02 bits per heavy atom. The summed E-state index contributed by atoms with van der Waals surface area (Å²) >= 11 is 3.18. The minimum atomic E-state index is -4.04. The molecule has 2 aromatic heterocycles. The fourth-order valence-corrected chi connectivity index (χ4v) is 4.93. The van der Waals surface area contributed by atoms with Crippen LogP contribution in [0.25, 0.3) is 0 Å². The van der Waals surface area contributed by atoms with Crippen LogP contribution in [0.2, 0.25) is 0 Å². The van der Waals surface area contributed by atoms with Crippen LogP contribution in [0.15, 0.2) is 34.8 Å². The Morgan fingerprint density at radius 2 is 1.65 bits per heavy atom. The summed E-state index contributed by atoms with van der Waals surface area (Å²) in [5.74, 6) is -12.1. The average molecular weight is 640 g/mol. The maximum absolute atomic E-state index is 14.7. The molecule has 16 heteroatoms. The van der Waals surface area contributed by atoms with Crippen LogP contribution in [-0.4, -0.2) is 26.6 Å². The number of hydrogen-bond donors (Lipinski definition) is 2. The van der Waals surface area contributed by atoms with Gasteiger partial charge >= 0.3 is 0 Å². The number of fused-ring (bicyclic) bond motifs is 1. The number of benzene rings is 1. The molecule has 0 spiro atoms. The summed E-state index contributed by atoms with van der Waals surface area (Å²) < 4.78 is 113. The number of nitrogens with one attached hydrogen (secondary N) is 1. The van der Waals surface area contributed by atoms with Crippen LogP contribution in [0, 0.1) is 11.6 Å². The van der Waals surface area contributed by atoms with Crippen molar-refractivity contribution in [1.82, 2.24) is 20.1 Å². The van der Waals surface area contributed by atoms with Crippen LogP contribution < -0.4 is 11.1 Å². The lowest BCUT2D eigenvalue weighted by atomic mass is 9.89. The molecule has 3 aromatic rings. The molecule has 2 heterocycles. The Balaban J connectivity index is 1.73. The Hall–Kier alpha value is -3.56. The number of primary amides is 1. The molecule has 7 nitrogen and oxygen atoms in total. The first-order chi connectivity index (χ1) is 18.6. The summed E-state index contributed by atoms with van der Waals surface area (Å²) in [6.45, 7) is -1.19. The van der Waals surface area contributed by atoms with E-state index in [9.17, 15) is 44.7 Å². The van der Waals surface area contributed by atoms with Gasteiger partial charge in [-0.3, -0.25) is 14.3 Å². The molecule has 1 aliphatic carbocycles. The van der Waals surface area contributed by atoms with Gasteiger partial charge in [0.2, 0.25) is 5.91 Å². The molecule has 1 atom stereocenters. The van der Waals surface area contributed by atoms with Gasteiger partial charge in [0.15, 0.2) is 0 Å². The minimum absolute atomic E-state index is 0.00334. The minimum Gasteiger partial charge on any atom is -0.364 e. The van der Waals surface area contributed by atoms with E-state index in [0.29, 0.717) is 6.07 Å². The van der Waals surface area contributed by atoms with Gasteiger partial charge in [-0.25, -0.2) is 31.3 Å². The second-order valence-corrected chi connectivity index (χ2v) is 9.86. The monoisotopic (exact) mass is 639 g/mol. The van der Waals surface area contributed by atoms with E-state index in [-0.39, 0.29) is 32.5 Å². The highest BCUT2D eigenvalue weighted by Gasteiger charge is 2.55. The molecule has 2 amide bonds. The predicted molar refractivity (Wildman–Crippen MR) is 126 cm³/mol. The van der Waals surface area contributed by atoms with Gasteiger partial charge in [-0.2, -0.15) is 13.9 Å². The topological polar surface area (TPSA) is 103 Å². The Bertz CT molecular complexity index is 1460. The van der Waals surface area contributed by atoms with Crippen molar-refractivity contribution in [2.24, 2.45) is 5.73 Å². The van der Waals surface area contributed by atoms with Gasteiger partial charge in [-0.1, -0.05) is 0 Å². The first-order valence-electron chi connectivity index (χ1n) is 11.4. The van der Waals surface area contributed by atoms with E-state index in [0.717, 1.165) is 12.1 Å². The molecule has 0 fully saturated rings. The first-order valence-corrected chi connectivity index (χ1v) is 12.2. The molecule has 3 N–H and O–H groups in total. The van der Waals surface area contributed by atoms with Gasteiger partial charge in [0.1, 0.15) is 35.3 Å². The van der Waals surface area contributed by atoms with E-state index >= 15 is 0 Å². The fourth-order valence-electron chi connectivity index (χ4n) is 4.43. The third-order valence-electron chi connectivity index (χ3n) is 6.10. The van der Waals surface area contributed by atoms with Crippen LogP contribution in [0.5, 0.6) is 0 Å². The fraction of sp³-hybridized carbons (Fsp3) is 0.333. The smallest absolute Gasteiger partial charge is 0.290 e. The van der Waals surface area contributed by atoms with Gasteiger partial charge in [-0.05, 0) is 52.2 Å². The van der Waals surface area contributed by atoms with Crippen molar-refractivity contribution in [3.63, 3.8) is 0 Å². The number of rotatable bonds is 8. The normalized spacial score (nSPS) is 16.4. The maximum Gasteiger partial charge on any atom is 0.290 e. The van der Waals surface area contributed by atoms with Gasteiger partial charge in [0, 0.05) is 23.4 Å². The number of alkyl halides is 6. The summed E-state index contributed by atoms with van der Waals surface area (Å²) in [6, 6.07) is 3.75. The van der Waals surface area contributed by atoms with Crippen molar-refractivity contribution >= 4 is 27.7 Å². The summed E-state index contributed by atoms with van der Waals surface area (Å²) in [7, 11) is 0. The average Bonchev–Trinajstić information content (AvgIpc) is 3.23. The second-order valence-electron chi connectivity index (χ2n) is 9.01. The number of amides is 2. The van der Waals surface area contributed by atoms with E-state index in [1.165, 1.54) is 12.1 Å². The molecule has 0 saturated heterocycles. The first kappa shape index (κ1) is 29.4. The zero-order valence-electron chi connectivity index (χ0n) is 20.0. The van der Waals surface area contributed by atoms with Crippen LogP contribution in [0.4, 0.5) is 35.1 Å². The Labute approximate surface area is 228 Å². The molecular formula is C24H18BrF8N5O2. The number of pyridine rings is 1. The van der Waals surface area contributed by atoms with Crippen LogP contribution in [0.1, 0.15) is 64.0 Å². The SMILES string of the molecule is NC(=O)c1ccc(Br)c(C(Cc2cc(F)cc(F)c2)NC(=O)Cn2nc(C(F)F)c3c2C(F)(F)CCC3(F)F)n1. The number of hydrogen-bond acceptors (Lipinski definition) is 4. The zero-order chi connectivity index (χ0) is 29.6. The largest absolute Gasteiger partial charge is 0.364 e. The lowest BCUT2D eigenvalue weighted by Crippen LogP contribution is -2.37. The van der Waals surface area contributed by atoms with Crippen molar-refractivity contribution in [3.8, 4) is 0 Å². The van der Waals surface area contributed by atoms with Crippen molar-refractivity contribution in [1.29, 1.82) is 0 Å². The molecule has 40 heavy (non-hydrogen) atoms. The molecule has 1 unspecified atom stereocenters. The van der Waals surface area contributed by atoms with E-state index in [2.05, 4.69) is 31.3 Å². The number of nitrogens with zero attached hydrogens (tertiary/aromatic N) is 3. The Kier molecular flexibility index (Phi) is 7.93. The molecule has 1 aliphatic rings.